The van der Waals surface area contributed by atoms with E-state index in [-0.39, 0.29) is 63.7 Å². The Morgan fingerprint density at radius 1 is 0.776 bits per heavy atom. The highest BCUT2D eigenvalue weighted by atomic mass is 35.5. The summed E-state index contributed by atoms with van der Waals surface area (Å²) in [4.78, 5) is 43.1. The Labute approximate surface area is 330 Å². The van der Waals surface area contributed by atoms with Crippen LogP contribution in [-0.2, 0) is 19.5 Å². The van der Waals surface area contributed by atoms with Crippen LogP contribution in [0.25, 0.3) is 33.5 Å². The number of nitrogens with zero attached hydrogens (tertiary/aromatic N) is 7. The number of rotatable bonds is 10. The van der Waals surface area contributed by atoms with E-state index in [1.807, 2.05) is 0 Å². The first-order valence-corrected chi connectivity index (χ1v) is 18.5. The van der Waals surface area contributed by atoms with Crippen molar-refractivity contribution in [2.75, 3.05) is 30.8 Å². The third-order valence-electron chi connectivity index (χ3n) is 8.01. The summed E-state index contributed by atoms with van der Waals surface area (Å²) in [5.41, 5.74) is 4.35. The van der Waals surface area contributed by atoms with Gasteiger partial charge >= 0.3 is 11.9 Å². The van der Waals surface area contributed by atoms with Gasteiger partial charge in [-0.3, -0.25) is 14.7 Å². The van der Waals surface area contributed by atoms with Crippen molar-refractivity contribution in [2.24, 2.45) is 0 Å². The summed E-state index contributed by atoms with van der Waals surface area (Å²) in [7, 11) is -3.23. The maximum Gasteiger partial charge on any atom is 0.359 e. The van der Waals surface area contributed by atoms with Crippen LogP contribution in [0.5, 0.6) is 5.88 Å². The molecule has 0 bridgehead atoms. The van der Waals surface area contributed by atoms with E-state index in [0.29, 0.717) is 5.52 Å². The quantitative estimate of drug-likeness (QED) is 0.0902. The van der Waals surface area contributed by atoms with E-state index in [1.54, 1.807) is 13.8 Å². The van der Waals surface area contributed by atoms with E-state index in [4.69, 9.17) is 31.5 Å². The molecule has 0 radical (unpaired) electrons. The van der Waals surface area contributed by atoms with Crippen LogP contribution >= 0.6 is 11.6 Å². The van der Waals surface area contributed by atoms with Gasteiger partial charge in [-0.1, -0.05) is 11.6 Å². The van der Waals surface area contributed by atoms with E-state index in [1.165, 1.54) is 59.6 Å². The number of benzene rings is 2. The number of anilines is 2. The zero-order chi connectivity index (χ0) is 41.9. The summed E-state index contributed by atoms with van der Waals surface area (Å²) in [6, 6.07) is 5.09. The van der Waals surface area contributed by atoms with Crippen molar-refractivity contribution in [3.63, 3.8) is 0 Å². The molecule has 0 amide bonds. The first-order valence-electron chi connectivity index (χ1n) is 16.6. The van der Waals surface area contributed by atoms with Crippen LogP contribution in [0.1, 0.15) is 34.8 Å². The molecule has 5 aromatic heterocycles. The summed E-state index contributed by atoms with van der Waals surface area (Å²) in [5.74, 6) is -5.42. The first-order chi connectivity index (χ1) is 27.7. The summed E-state index contributed by atoms with van der Waals surface area (Å²) < 4.78 is 103. The fourth-order valence-corrected chi connectivity index (χ4v) is 6.82. The molecule has 0 aliphatic rings. The fourth-order valence-electron chi connectivity index (χ4n) is 5.39. The van der Waals surface area contributed by atoms with E-state index in [0.717, 1.165) is 30.3 Å². The number of halogens is 5. The number of imidazole rings is 2. The molecule has 5 heterocycles. The summed E-state index contributed by atoms with van der Waals surface area (Å²) in [5, 5.41) is 0.00599. The molecule has 0 unspecified atom stereocenters. The lowest BCUT2D eigenvalue weighted by atomic mass is 10.1. The number of hydrogen-bond acceptors (Lipinski definition) is 13. The summed E-state index contributed by atoms with van der Waals surface area (Å²) in [6.07, 6.45) is 8.90. The zero-order valence-corrected chi connectivity index (χ0v) is 31.8. The van der Waals surface area contributed by atoms with Gasteiger partial charge in [-0.05, 0) is 44.2 Å². The highest BCUT2D eigenvalue weighted by Gasteiger charge is 2.26. The topological polar surface area (TPSA) is 207 Å². The van der Waals surface area contributed by atoms with Gasteiger partial charge in [0.1, 0.15) is 24.3 Å². The number of fused-ring (bicyclic) bond motifs is 2. The Morgan fingerprint density at radius 2 is 1.29 bits per heavy atom. The Hall–Kier alpha value is -6.87. The van der Waals surface area contributed by atoms with Crippen LogP contribution < -0.4 is 15.2 Å². The fraction of sp³-hybridized carbons (Fsp3) is 0.139. The minimum absolute atomic E-state index is 0.00599. The number of sulfonamides is 1. The lowest BCUT2D eigenvalue weighted by molar-refractivity contribution is 0.0513. The summed E-state index contributed by atoms with van der Waals surface area (Å²) >= 11 is 5.85. The predicted molar refractivity (Wildman–Crippen MR) is 200 cm³/mol. The SMILES string of the molecule is CCOC(=O)c1ncn2cc(-c3c(F)ccc(N)c3F)ncc12.CCOC(=O)c1ncn2cc(-c3c(F)ccc(NS(=O)(=O)c4cc(Cl)cnc4OC)c3F)ncc12. The molecule has 22 heteroatoms. The van der Waals surface area contributed by atoms with Gasteiger partial charge in [0.2, 0.25) is 5.88 Å². The van der Waals surface area contributed by atoms with Gasteiger partial charge < -0.3 is 28.7 Å². The Kier molecular flexibility index (Phi) is 11.7. The van der Waals surface area contributed by atoms with Crippen LogP contribution in [0.2, 0.25) is 5.02 Å². The number of ether oxygens (including phenoxy) is 3. The molecule has 3 N–H and O–H groups in total. The predicted octanol–water partition coefficient (Wildman–Crippen LogP) is 6.14. The van der Waals surface area contributed by atoms with Gasteiger partial charge in [0.05, 0.1) is 82.7 Å². The van der Waals surface area contributed by atoms with Gasteiger partial charge in [-0.25, -0.2) is 50.5 Å². The third kappa shape index (κ3) is 8.02. The molecular formula is C36H28ClF4N9O7S. The molecule has 16 nitrogen and oxygen atoms in total. The van der Waals surface area contributed by atoms with Crippen molar-refractivity contribution in [2.45, 2.75) is 18.7 Å². The maximum absolute atomic E-state index is 15.4. The molecule has 300 valence electrons. The molecule has 0 fully saturated rings. The van der Waals surface area contributed by atoms with Crippen LogP contribution in [0.4, 0.5) is 28.9 Å². The molecule has 0 saturated heterocycles. The number of methoxy groups -OCH3 is 1. The van der Waals surface area contributed by atoms with Gasteiger partial charge in [-0.2, -0.15) is 0 Å². The van der Waals surface area contributed by atoms with Crippen molar-refractivity contribution in [1.29, 1.82) is 0 Å². The van der Waals surface area contributed by atoms with Gasteiger partial charge in [0, 0.05) is 18.6 Å². The standard InChI is InChI=1S/C21H16ClF2N5O5S.C15H12F2N4O2/c1-3-34-21(30)19-15-8-25-14(9-29(15)10-27-19)17-12(23)4-5-13(18(17)24)28-35(31,32)16-6-11(22)7-26-20(16)33-2;1-2-23-15(22)14-11-5-19-10(6-21(11)7-20-14)12-8(16)3-4-9(18)13(12)17/h4-10,28H,3H2,1-2H3;3-7H,2,18H2,1H3. The number of carbonyl (C=O) groups is 2. The molecule has 58 heavy (non-hydrogen) atoms. The average molecular weight is 842 g/mol. The minimum atomic E-state index is -4.43. The number of aromatic nitrogens is 7. The average Bonchev–Trinajstić information content (AvgIpc) is 3.82. The number of hydrogen-bond donors (Lipinski definition) is 2. The van der Waals surface area contributed by atoms with Gasteiger partial charge in [0.25, 0.3) is 10.0 Å². The summed E-state index contributed by atoms with van der Waals surface area (Å²) in [6.45, 7) is 3.67. The van der Waals surface area contributed by atoms with Gasteiger partial charge in [-0.15, -0.1) is 0 Å². The Balaban J connectivity index is 0.000000213. The number of nitrogen functional groups attached to an aromatic ring is 1. The van der Waals surface area contributed by atoms with Crippen molar-refractivity contribution < 1.29 is 49.8 Å². The number of pyridine rings is 1. The lowest BCUT2D eigenvalue weighted by Crippen LogP contribution is -2.16. The van der Waals surface area contributed by atoms with Gasteiger partial charge in [0.15, 0.2) is 27.9 Å². The van der Waals surface area contributed by atoms with Crippen LogP contribution in [-0.4, -0.2) is 74.4 Å². The monoisotopic (exact) mass is 841 g/mol. The highest BCUT2D eigenvalue weighted by molar-refractivity contribution is 7.92. The minimum Gasteiger partial charge on any atom is -0.480 e. The molecule has 0 aliphatic carbocycles. The zero-order valence-electron chi connectivity index (χ0n) is 30.2. The second-order valence-corrected chi connectivity index (χ2v) is 13.7. The number of esters is 2. The van der Waals surface area contributed by atoms with Crippen molar-refractivity contribution in [1.82, 2.24) is 33.7 Å². The van der Waals surface area contributed by atoms with Crippen molar-refractivity contribution in [3.8, 4) is 28.4 Å². The van der Waals surface area contributed by atoms with E-state index in [2.05, 4.69) is 29.6 Å². The molecular weight excluding hydrogens is 814 g/mol. The van der Waals surface area contributed by atoms with E-state index < -0.39 is 61.4 Å². The molecule has 7 rings (SSSR count). The van der Waals surface area contributed by atoms with E-state index in [9.17, 15) is 31.2 Å². The molecule has 0 saturated carbocycles. The van der Waals surface area contributed by atoms with Crippen LogP contribution in [0, 0.1) is 23.3 Å². The Bertz CT molecular complexity index is 2840. The number of nitrogens with one attached hydrogen (secondary N) is 1. The number of carbonyl (C=O) groups excluding carboxylic acids is 2. The molecule has 0 aliphatic heterocycles. The first kappa shape index (κ1) is 40.8. The van der Waals surface area contributed by atoms with Crippen LogP contribution in [0.3, 0.4) is 0 Å². The largest absolute Gasteiger partial charge is 0.480 e. The molecule has 0 atom stereocenters. The van der Waals surface area contributed by atoms with Crippen molar-refractivity contribution in [3.05, 3.63) is 114 Å². The third-order valence-corrected chi connectivity index (χ3v) is 9.58. The molecule has 7 aromatic rings. The second kappa shape index (κ2) is 16.7. The molecule has 2 aromatic carbocycles. The van der Waals surface area contributed by atoms with Crippen LogP contribution in [0.15, 0.2) is 78.9 Å². The highest BCUT2D eigenvalue weighted by Crippen LogP contribution is 2.33. The normalized spacial score (nSPS) is 11.2. The maximum atomic E-state index is 15.4. The van der Waals surface area contributed by atoms with Crippen molar-refractivity contribution >= 4 is 56.0 Å². The Morgan fingerprint density at radius 3 is 1.81 bits per heavy atom. The smallest absolute Gasteiger partial charge is 0.359 e. The molecule has 0 spiro atoms. The number of nitrogens with two attached hydrogens (primary N) is 1. The second-order valence-electron chi connectivity index (χ2n) is 11.6. The van der Waals surface area contributed by atoms with E-state index >= 15 is 4.39 Å². The lowest BCUT2D eigenvalue weighted by Gasteiger charge is -2.14.